The zero-order valence-electron chi connectivity index (χ0n) is 9.24. The maximum absolute atomic E-state index is 11.3. The summed E-state index contributed by atoms with van der Waals surface area (Å²) < 4.78 is 9.55. The third kappa shape index (κ3) is 3.33. The van der Waals surface area contributed by atoms with Gasteiger partial charge in [-0.2, -0.15) is 0 Å². The minimum Gasteiger partial charge on any atom is -0.465 e. The minimum atomic E-state index is -0.477. The van der Waals surface area contributed by atoms with Gasteiger partial charge < -0.3 is 14.8 Å². The number of ether oxygens (including phenoxy) is 2. The van der Waals surface area contributed by atoms with Crippen molar-refractivity contribution in [3.63, 3.8) is 0 Å². The normalized spacial score (nSPS) is 12.2. The second-order valence-electron chi connectivity index (χ2n) is 3.13. The van der Waals surface area contributed by atoms with Crippen LogP contribution in [0.5, 0.6) is 0 Å². The van der Waals surface area contributed by atoms with Gasteiger partial charge in [0.05, 0.1) is 13.7 Å². The number of methoxy groups -OCH3 is 2. The number of carbonyl (C=O) groups is 1. The summed E-state index contributed by atoms with van der Waals surface area (Å²) in [5.74, 6) is -0.477. The molecule has 0 spiro atoms. The lowest BCUT2D eigenvalue weighted by Gasteiger charge is -2.10. The lowest BCUT2D eigenvalue weighted by atomic mass is 10.4. The molecule has 1 atom stereocenters. The van der Waals surface area contributed by atoms with Crippen LogP contribution < -0.4 is 5.32 Å². The lowest BCUT2D eigenvalue weighted by molar-refractivity contribution is 0.0606. The molecule has 0 aliphatic carbocycles. The molecule has 0 aromatic carbocycles. The predicted molar refractivity (Wildman–Crippen MR) is 63.4 cm³/mol. The highest BCUT2D eigenvalue weighted by atomic mass is 35.5. The molecule has 90 valence electrons. The van der Waals surface area contributed by atoms with E-state index in [0.717, 1.165) is 11.3 Å². The van der Waals surface area contributed by atoms with Crippen LogP contribution in [0.1, 0.15) is 16.6 Å². The van der Waals surface area contributed by atoms with Gasteiger partial charge in [0.15, 0.2) is 15.2 Å². The summed E-state index contributed by atoms with van der Waals surface area (Å²) in [7, 11) is 2.92. The van der Waals surface area contributed by atoms with E-state index >= 15 is 0 Å². The van der Waals surface area contributed by atoms with Crippen LogP contribution in [0.3, 0.4) is 0 Å². The van der Waals surface area contributed by atoms with Crippen LogP contribution in [-0.4, -0.2) is 37.8 Å². The summed E-state index contributed by atoms with van der Waals surface area (Å²) in [5.41, 5.74) is 0. The van der Waals surface area contributed by atoms with Crippen molar-refractivity contribution in [1.29, 1.82) is 0 Å². The summed E-state index contributed by atoms with van der Waals surface area (Å²) >= 11 is 6.97. The topological polar surface area (TPSA) is 60.5 Å². The fourth-order valence-corrected chi connectivity index (χ4v) is 2.30. The minimum absolute atomic E-state index is 0.0951. The maximum Gasteiger partial charge on any atom is 0.351 e. The third-order valence-corrected chi connectivity index (χ3v) is 3.10. The number of rotatable bonds is 5. The average Bonchev–Trinajstić information content (AvgIpc) is 2.58. The number of nitrogens with one attached hydrogen (secondary N) is 1. The summed E-state index contributed by atoms with van der Waals surface area (Å²) in [6.45, 7) is 2.49. The third-order valence-electron chi connectivity index (χ3n) is 1.74. The molecule has 1 rings (SSSR count). The Hall–Kier alpha value is -0.850. The Morgan fingerprint density at radius 1 is 1.62 bits per heavy atom. The highest BCUT2D eigenvalue weighted by Gasteiger charge is 2.17. The van der Waals surface area contributed by atoms with Crippen molar-refractivity contribution in [3.05, 3.63) is 10.0 Å². The molecule has 0 saturated carbocycles. The van der Waals surface area contributed by atoms with Gasteiger partial charge in [0.25, 0.3) is 0 Å². The second kappa shape index (κ2) is 6.03. The Morgan fingerprint density at radius 2 is 2.31 bits per heavy atom. The van der Waals surface area contributed by atoms with Gasteiger partial charge in [-0.25, -0.2) is 9.78 Å². The molecule has 0 bridgehead atoms. The first kappa shape index (κ1) is 13.2. The first-order valence-electron chi connectivity index (χ1n) is 4.58. The Labute approximate surface area is 103 Å². The van der Waals surface area contributed by atoms with E-state index in [2.05, 4.69) is 15.0 Å². The van der Waals surface area contributed by atoms with Gasteiger partial charge >= 0.3 is 5.97 Å². The van der Waals surface area contributed by atoms with E-state index in [4.69, 9.17) is 16.3 Å². The van der Waals surface area contributed by atoms with E-state index in [1.165, 1.54) is 7.11 Å². The van der Waals surface area contributed by atoms with Gasteiger partial charge in [-0.05, 0) is 6.92 Å². The van der Waals surface area contributed by atoms with E-state index in [1.54, 1.807) is 7.11 Å². The molecule has 0 fully saturated rings. The smallest absolute Gasteiger partial charge is 0.351 e. The Morgan fingerprint density at radius 3 is 2.88 bits per heavy atom. The maximum atomic E-state index is 11.3. The number of thiazole rings is 1. The van der Waals surface area contributed by atoms with Gasteiger partial charge in [0, 0.05) is 13.2 Å². The van der Waals surface area contributed by atoms with Crippen molar-refractivity contribution in [2.24, 2.45) is 0 Å². The van der Waals surface area contributed by atoms with Crippen LogP contribution in [-0.2, 0) is 9.47 Å². The molecule has 0 radical (unpaired) electrons. The Kier molecular flexibility index (Phi) is 4.98. The van der Waals surface area contributed by atoms with E-state index in [9.17, 15) is 4.79 Å². The van der Waals surface area contributed by atoms with Crippen molar-refractivity contribution in [2.75, 3.05) is 26.1 Å². The fourth-order valence-electron chi connectivity index (χ4n) is 1.08. The number of carbonyl (C=O) groups excluding carboxylic acids is 1. The Balaban J connectivity index is 2.73. The van der Waals surface area contributed by atoms with Crippen LogP contribution in [0.25, 0.3) is 0 Å². The van der Waals surface area contributed by atoms with E-state index in [1.807, 2.05) is 6.92 Å². The SMILES string of the molecule is COCC(C)Nc1nc(Cl)c(C(=O)OC)s1. The van der Waals surface area contributed by atoms with Gasteiger partial charge in [0.2, 0.25) is 0 Å². The van der Waals surface area contributed by atoms with Crippen LogP contribution in [0.15, 0.2) is 0 Å². The number of hydrogen-bond donors (Lipinski definition) is 1. The number of anilines is 1. The quantitative estimate of drug-likeness (QED) is 0.825. The zero-order chi connectivity index (χ0) is 12.1. The van der Waals surface area contributed by atoms with E-state index in [0.29, 0.717) is 16.6 Å². The summed E-state index contributed by atoms with van der Waals surface area (Å²) in [6.07, 6.45) is 0. The van der Waals surface area contributed by atoms with Crippen molar-refractivity contribution < 1.29 is 14.3 Å². The molecule has 16 heavy (non-hydrogen) atoms. The summed E-state index contributed by atoms with van der Waals surface area (Å²) in [6, 6.07) is 0.0951. The van der Waals surface area contributed by atoms with E-state index < -0.39 is 5.97 Å². The summed E-state index contributed by atoms with van der Waals surface area (Å²) in [5, 5.41) is 3.81. The first-order chi connectivity index (χ1) is 7.58. The van der Waals surface area contributed by atoms with Crippen molar-refractivity contribution in [2.45, 2.75) is 13.0 Å². The van der Waals surface area contributed by atoms with Crippen molar-refractivity contribution in [3.8, 4) is 0 Å². The van der Waals surface area contributed by atoms with Gasteiger partial charge in [-0.15, -0.1) is 0 Å². The molecule has 1 aromatic heterocycles. The Bertz CT molecular complexity index is 370. The van der Waals surface area contributed by atoms with Crippen LogP contribution in [0.2, 0.25) is 5.15 Å². The van der Waals surface area contributed by atoms with Gasteiger partial charge in [-0.3, -0.25) is 0 Å². The molecular weight excluding hydrogens is 252 g/mol. The standard InChI is InChI=1S/C9H13ClN2O3S/c1-5(4-14-2)11-9-12-7(10)6(16-9)8(13)15-3/h5H,4H2,1-3H3,(H,11,12). The van der Waals surface area contributed by atoms with E-state index in [-0.39, 0.29) is 11.2 Å². The zero-order valence-corrected chi connectivity index (χ0v) is 10.8. The number of aromatic nitrogens is 1. The highest BCUT2D eigenvalue weighted by Crippen LogP contribution is 2.27. The molecule has 5 nitrogen and oxygen atoms in total. The first-order valence-corrected chi connectivity index (χ1v) is 5.78. The van der Waals surface area contributed by atoms with Crippen molar-refractivity contribution in [1.82, 2.24) is 4.98 Å². The molecule has 0 aliphatic heterocycles. The molecule has 1 unspecified atom stereocenters. The molecule has 0 amide bonds. The molecular formula is C9H13ClN2O3S. The van der Waals surface area contributed by atoms with Crippen LogP contribution >= 0.6 is 22.9 Å². The summed E-state index contributed by atoms with van der Waals surface area (Å²) in [4.78, 5) is 15.6. The molecule has 0 saturated heterocycles. The number of nitrogens with zero attached hydrogens (tertiary/aromatic N) is 1. The molecule has 1 N–H and O–H groups in total. The van der Waals surface area contributed by atoms with Crippen LogP contribution in [0.4, 0.5) is 5.13 Å². The second-order valence-corrected chi connectivity index (χ2v) is 4.49. The lowest BCUT2D eigenvalue weighted by Crippen LogP contribution is -2.20. The molecule has 1 aromatic rings. The van der Waals surface area contributed by atoms with Gasteiger partial charge in [-0.1, -0.05) is 22.9 Å². The molecule has 1 heterocycles. The number of hydrogen-bond acceptors (Lipinski definition) is 6. The predicted octanol–water partition coefficient (Wildman–Crippen LogP) is 2.03. The molecule has 7 heteroatoms. The molecule has 0 aliphatic rings. The number of halogens is 1. The van der Waals surface area contributed by atoms with Crippen LogP contribution in [0, 0.1) is 0 Å². The highest BCUT2D eigenvalue weighted by molar-refractivity contribution is 7.18. The van der Waals surface area contributed by atoms with Crippen molar-refractivity contribution >= 4 is 34.0 Å². The monoisotopic (exact) mass is 264 g/mol. The average molecular weight is 265 g/mol. The van der Waals surface area contributed by atoms with Gasteiger partial charge in [0.1, 0.15) is 0 Å². The number of esters is 1. The largest absolute Gasteiger partial charge is 0.465 e. The fraction of sp³-hybridized carbons (Fsp3) is 0.556.